The Kier molecular flexibility index (Phi) is 7.02. The van der Waals surface area contributed by atoms with Gasteiger partial charge >= 0.3 is 6.09 Å². The van der Waals surface area contributed by atoms with Crippen molar-refractivity contribution in [2.24, 2.45) is 5.92 Å². The molecule has 2 heterocycles. The van der Waals surface area contributed by atoms with Gasteiger partial charge in [0.05, 0.1) is 17.7 Å². The molecule has 2 saturated heterocycles. The molecule has 3 rings (SSSR count). The second kappa shape index (κ2) is 9.49. The van der Waals surface area contributed by atoms with Gasteiger partial charge < -0.3 is 19.3 Å². The van der Waals surface area contributed by atoms with Crippen LogP contribution in [0.2, 0.25) is 0 Å². The fourth-order valence-electron chi connectivity index (χ4n) is 3.91. The number of benzene rings is 1. The summed E-state index contributed by atoms with van der Waals surface area (Å²) in [4.78, 5) is 16.3. The molecule has 0 unspecified atom stereocenters. The van der Waals surface area contributed by atoms with Crippen LogP contribution < -0.4 is 4.90 Å². The highest BCUT2D eigenvalue weighted by Crippen LogP contribution is 2.24. The Hall–Kier alpha value is -2.26. The number of rotatable bonds is 4. The van der Waals surface area contributed by atoms with Crippen molar-refractivity contribution < 1.29 is 14.3 Å². The smallest absolute Gasteiger partial charge is 0.410 e. The van der Waals surface area contributed by atoms with Gasteiger partial charge in [0.2, 0.25) is 0 Å². The number of hydrogen-bond donors (Lipinski definition) is 0. The SMILES string of the molecule is CC(C)(C)OC(=O)N1CCC(COC2CCN(c3ccc(C#N)cc3)CC2)CC1. The van der Waals surface area contributed by atoms with Gasteiger partial charge in [-0.3, -0.25) is 0 Å². The highest BCUT2D eigenvalue weighted by atomic mass is 16.6. The van der Waals surface area contributed by atoms with E-state index in [1.807, 2.05) is 49.9 Å². The molecule has 2 fully saturated rings. The lowest BCUT2D eigenvalue weighted by Gasteiger charge is -2.36. The average molecular weight is 400 g/mol. The fourth-order valence-corrected chi connectivity index (χ4v) is 3.91. The molecule has 0 aromatic heterocycles. The van der Waals surface area contributed by atoms with E-state index in [2.05, 4.69) is 11.0 Å². The van der Waals surface area contributed by atoms with Crippen molar-refractivity contribution in [2.75, 3.05) is 37.7 Å². The molecule has 1 amide bonds. The van der Waals surface area contributed by atoms with Gasteiger partial charge in [-0.1, -0.05) is 0 Å². The second-order valence-electron chi connectivity index (χ2n) is 9.09. The summed E-state index contributed by atoms with van der Waals surface area (Å²) in [5.41, 5.74) is 1.44. The predicted molar refractivity (Wildman–Crippen MR) is 113 cm³/mol. The van der Waals surface area contributed by atoms with E-state index in [-0.39, 0.29) is 6.09 Å². The molecule has 6 nitrogen and oxygen atoms in total. The number of nitriles is 1. The van der Waals surface area contributed by atoms with Crippen molar-refractivity contribution in [1.82, 2.24) is 4.90 Å². The highest BCUT2D eigenvalue weighted by molar-refractivity contribution is 5.68. The maximum atomic E-state index is 12.2. The maximum absolute atomic E-state index is 12.2. The van der Waals surface area contributed by atoms with Crippen LogP contribution in [-0.2, 0) is 9.47 Å². The summed E-state index contributed by atoms with van der Waals surface area (Å²) in [5, 5.41) is 8.92. The number of piperidine rings is 2. The maximum Gasteiger partial charge on any atom is 0.410 e. The molecule has 0 atom stereocenters. The number of carbonyl (C=O) groups is 1. The molecule has 0 N–H and O–H groups in total. The molecule has 158 valence electrons. The Morgan fingerprint density at radius 2 is 1.69 bits per heavy atom. The number of ether oxygens (including phenoxy) is 2. The molecule has 0 bridgehead atoms. The van der Waals surface area contributed by atoms with Gasteiger partial charge in [-0.05, 0) is 76.6 Å². The Morgan fingerprint density at radius 3 is 2.24 bits per heavy atom. The molecule has 0 saturated carbocycles. The number of likely N-dealkylation sites (tertiary alicyclic amines) is 1. The van der Waals surface area contributed by atoms with E-state index in [1.165, 1.54) is 5.69 Å². The van der Waals surface area contributed by atoms with Crippen LogP contribution in [0.4, 0.5) is 10.5 Å². The first-order chi connectivity index (χ1) is 13.8. The van der Waals surface area contributed by atoms with Crippen molar-refractivity contribution in [3.05, 3.63) is 29.8 Å². The van der Waals surface area contributed by atoms with Crippen LogP contribution in [0.1, 0.15) is 52.0 Å². The fraction of sp³-hybridized carbons (Fsp3) is 0.652. The lowest BCUT2D eigenvalue weighted by Crippen LogP contribution is -2.43. The van der Waals surface area contributed by atoms with Gasteiger partial charge in [-0.25, -0.2) is 4.79 Å². The zero-order valence-electron chi connectivity index (χ0n) is 17.9. The van der Waals surface area contributed by atoms with E-state index in [9.17, 15) is 4.79 Å². The predicted octanol–water partition coefficient (Wildman–Crippen LogP) is 4.19. The number of carbonyl (C=O) groups excluding carboxylic acids is 1. The summed E-state index contributed by atoms with van der Waals surface area (Å²) in [7, 11) is 0. The van der Waals surface area contributed by atoms with E-state index >= 15 is 0 Å². The second-order valence-corrected chi connectivity index (χ2v) is 9.09. The van der Waals surface area contributed by atoms with Crippen LogP contribution in [0.5, 0.6) is 0 Å². The van der Waals surface area contributed by atoms with Crippen molar-refractivity contribution in [2.45, 2.75) is 58.2 Å². The molecule has 0 spiro atoms. The van der Waals surface area contributed by atoms with Crippen LogP contribution in [0.25, 0.3) is 0 Å². The first-order valence-corrected chi connectivity index (χ1v) is 10.7. The molecular formula is C23H33N3O3. The van der Waals surface area contributed by atoms with E-state index < -0.39 is 5.60 Å². The standard InChI is InChI=1S/C23H33N3O3/c1-23(2,3)29-22(27)26-12-8-19(9-13-26)17-28-21-10-14-25(15-11-21)20-6-4-18(16-24)5-7-20/h4-7,19,21H,8-15,17H2,1-3H3. The Balaban J connectivity index is 1.35. The first-order valence-electron chi connectivity index (χ1n) is 10.7. The summed E-state index contributed by atoms with van der Waals surface area (Å²) in [6, 6.07) is 9.97. The first kappa shape index (κ1) is 21.4. The zero-order valence-corrected chi connectivity index (χ0v) is 17.9. The van der Waals surface area contributed by atoms with Gasteiger partial charge in [0, 0.05) is 38.5 Å². The van der Waals surface area contributed by atoms with Crippen LogP contribution in [0, 0.1) is 17.2 Å². The Bertz CT molecular complexity index is 704. The third-order valence-corrected chi connectivity index (χ3v) is 5.64. The third-order valence-electron chi connectivity index (χ3n) is 5.64. The number of amides is 1. The lowest BCUT2D eigenvalue weighted by atomic mass is 9.97. The minimum absolute atomic E-state index is 0.202. The number of hydrogen-bond acceptors (Lipinski definition) is 5. The molecule has 1 aromatic rings. The van der Waals surface area contributed by atoms with Crippen molar-refractivity contribution >= 4 is 11.8 Å². The van der Waals surface area contributed by atoms with E-state index in [0.29, 0.717) is 17.6 Å². The monoisotopic (exact) mass is 399 g/mol. The van der Waals surface area contributed by atoms with Crippen LogP contribution >= 0.6 is 0 Å². The molecule has 2 aliphatic rings. The number of nitrogens with zero attached hydrogens (tertiary/aromatic N) is 3. The van der Waals surface area contributed by atoms with Crippen molar-refractivity contribution in [3.63, 3.8) is 0 Å². The van der Waals surface area contributed by atoms with Crippen molar-refractivity contribution in [1.29, 1.82) is 5.26 Å². The molecule has 1 aromatic carbocycles. The minimum Gasteiger partial charge on any atom is -0.444 e. The van der Waals surface area contributed by atoms with E-state index in [0.717, 1.165) is 58.5 Å². The largest absolute Gasteiger partial charge is 0.444 e. The summed E-state index contributed by atoms with van der Waals surface area (Å²) in [6.07, 6.45) is 4.11. The molecule has 0 radical (unpaired) electrons. The Morgan fingerprint density at radius 1 is 1.07 bits per heavy atom. The minimum atomic E-state index is -0.441. The molecule has 6 heteroatoms. The van der Waals surface area contributed by atoms with E-state index in [4.69, 9.17) is 14.7 Å². The molecule has 0 aliphatic carbocycles. The van der Waals surface area contributed by atoms with Gasteiger partial charge in [0.1, 0.15) is 5.60 Å². The summed E-state index contributed by atoms with van der Waals surface area (Å²) < 4.78 is 11.7. The molecule has 29 heavy (non-hydrogen) atoms. The Labute approximate surface area is 174 Å². The normalized spacial score (nSPS) is 19.1. The number of anilines is 1. The quantitative estimate of drug-likeness (QED) is 0.759. The third kappa shape index (κ3) is 6.37. The van der Waals surface area contributed by atoms with Crippen LogP contribution in [0.15, 0.2) is 24.3 Å². The van der Waals surface area contributed by atoms with Gasteiger partial charge in [-0.15, -0.1) is 0 Å². The van der Waals surface area contributed by atoms with Crippen molar-refractivity contribution in [3.8, 4) is 6.07 Å². The molecular weight excluding hydrogens is 366 g/mol. The summed E-state index contributed by atoms with van der Waals surface area (Å²) in [5.74, 6) is 0.519. The van der Waals surface area contributed by atoms with E-state index in [1.54, 1.807) is 0 Å². The van der Waals surface area contributed by atoms with Gasteiger partial charge in [0.25, 0.3) is 0 Å². The highest BCUT2D eigenvalue weighted by Gasteiger charge is 2.28. The van der Waals surface area contributed by atoms with Crippen LogP contribution in [-0.4, -0.2) is 55.5 Å². The molecule has 2 aliphatic heterocycles. The van der Waals surface area contributed by atoms with Gasteiger partial charge in [0.15, 0.2) is 0 Å². The van der Waals surface area contributed by atoms with Crippen LogP contribution in [0.3, 0.4) is 0 Å². The topological polar surface area (TPSA) is 65.8 Å². The van der Waals surface area contributed by atoms with Gasteiger partial charge in [-0.2, -0.15) is 5.26 Å². The zero-order chi connectivity index (χ0) is 20.9. The summed E-state index contributed by atoms with van der Waals surface area (Å²) >= 11 is 0. The lowest BCUT2D eigenvalue weighted by molar-refractivity contribution is -0.00836. The average Bonchev–Trinajstić information content (AvgIpc) is 2.72. The summed E-state index contributed by atoms with van der Waals surface area (Å²) in [6.45, 7) is 9.94.